The van der Waals surface area contributed by atoms with E-state index in [0.29, 0.717) is 19.7 Å². The highest BCUT2D eigenvalue weighted by Gasteiger charge is 2.37. The van der Waals surface area contributed by atoms with Crippen LogP contribution in [0.5, 0.6) is 0 Å². The molecular formula is C10H19F2NO. The maximum Gasteiger partial charge on any atom is 0.261 e. The zero-order valence-corrected chi connectivity index (χ0v) is 9.15. The Labute approximate surface area is 84.2 Å². The fraction of sp³-hybridized carbons (Fsp3) is 1.00. The van der Waals surface area contributed by atoms with Crippen LogP contribution < -0.4 is 0 Å². The largest absolute Gasteiger partial charge is 0.375 e. The van der Waals surface area contributed by atoms with Gasteiger partial charge in [0.2, 0.25) is 0 Å². The molecule has 0 bridgehead atoms. The minimum absolute atomic E-state index is 0.0114. The number of hydrogen-bond acceptors (Lipinski definition) is 2. The van der Waals surface area contributed by atoms with Gasteiger partial charge in [0, 0.05) is 19.5 Å². The molecule has 0 aromatic carbocycles. The summed E-state index contributed by atoms with van der Waals surface area (Å²) in [4.78, 5) is 1.76. The molecule has 0 aromatic heterocycles. The minimum atomic E-state index is -2.48. The molecule has 14 heavy (non-hydrogen) atoms. The third kappa shape index (κ3) is 4.33. The monoisotopic (exact) mass is 207 g/mol. The topological polar surface area (TPSA) is 12.5 Å². The maximum atomic E-state index is 12.8. The molecule has 0 saturated carbocycles. The van der Waals surface area contributed by atoms with Crippen molar-refractivity contribution in [2.75, 3.05) is 26.2 Å². The molecule has 0 atom stereocenters. The van der Waals surface area contributed by atoms with E-state index in [9.17, 15) is 8.78 Å². The molecule has 0 unspecified atom stereocenters. The molecule has 0 N–H and O–H groups in total. The Hall–Kier alpha value is -0.220. The van der Waals surface area contributed by atoms with Crippen LogP contribution in [0.2, 0.25) is 0 Å². The van der Waals surface area contributed by atoms with E-state index in [4.69, 9.17) is 4.74 Å². The fourth-order valence-electron chi connectivity index (χ4n) is 1.48. The van der Waals surface area contributed by atoms with Crippen molar-refractivity contribution in [3.05, 3.63) is 0 Å². The van der Waals surface area contributed by atoms with Gasteiger partial charge < -0.3 is 4.74 Å². The Morgan fingerprint density at radius 2 is 2.00 bits per heavy atom. The Morgan fingerprint density at radius 1 is 1.36 bits per heavy atom. The van der Waals surface area contributed by atoms with Crippen LogP contribution in [-0.2, 0) is 4.74 Å². The molecule has 84 valence electrons. The number of likely N-dealkylation sites (tertiary alicyclic amines) is 1. The average molecular weight is 207 g/mol. The number of hydrogen-bond donors (Lipinski definition) is 0. The van der Waals surface area contributed by atoms with Crippen LogP contribution in [0.25, 0.3) is 0 Å². The van der Waals surface area contributed by atoms with Gasteiger partial charge in [-0.2, -0.15) is 0 Å². The highest BCUT2D eigenvalue weighted by molar-refractivity contribution is 4.81. The second-order valence-corrected chi connectivity index (χ2v) is 4.84. The quantitative estimate of drug-likeness (QED) is 0.703. The summed E-state index contributed by atoms with van der Waals surface area (Å²) in [6.07, 6.45) is -0.0114. The van der Waals surface area contributed by atoms with Crippen LogP contribution >= 0.6 is 0 Å². The highest BCUT2D eigenvalue weighted by Crippen LogP contribution is 2.26. The summed E-state index contributed by atoms with van der Waals surface area (Å²) in [7, 11) is 0. The van der Waals surface area contributed by atoms with Gasteiger partial charge in [0.15, 0.2) is 0 Å². The molecule has 0 aromatic rings. The number of nitrogens with zero attached hydrogens (tertiary/aromatic N) is 1. The lowest BCUT2D eigenvalue weighted by atomic mass is 10.2. The summed E-state index contributed by atoms with van der Waals surface area (Å²) in [5.74, 6) is -2.48. The molecule has 1 aliphatic heterocycles. The molecule has 1 fully saturated rings. The number of alkyl halides is 2. The van der Waals surface area contributed by atoms with E-state index >= 15 is 0 Å². The first-order chi connectivity index (χ1) is 6.29. The Bertz CT molecular complexity index is 189. The first-order valence-corrected chi connectivity index (χ1v) is 5.03. The van der Waals surface area contributed by atoms with Crippen LogP contribution in [0.1, 0.15) is 27.2 Å². The Kier molecular flexibility index (Phi) is 3.48. The predicted octanol–water partition coefficient (Wildman–Crippen LogP) is 2.14. The summed E-state index contributed by atoms with van der Waals surface area (Å²) in [5, 5.41) is 0. The number of rotatable bonds is 3. The second-order valence-electron chi connectivity index (χ2n) is 4.84. The number of ether oxygens (including phenoxy) is 1. The standard InChI is InChI=1S/C10H19F2NO/c1-9(2,3)14-7-6-13-5-4-10(11,12)8-13/h4-8H2,1-3H3. The summed E-state index contributed by atoms with van der Waals surface area (Å²) >= 11 is 0. The van der Waals surface area contributed by atoms with Crippen LogP contribution in [0.4, 0.5) is 8.78 Å². The lowest BCUT2D eigenvalue weighted by Gasteiger charge is -2.22. The Morgan fingerprint density at radius 3 is 2.43 bits per heavy atom. The van der Waals surface area contributed by atoms with E-state index in [1.54, 1.807) is 4.90 Å². The lowest BCUT2D eigenvalue weighted by Crippen LogP contribution is -2.31. The molecule has 1 saturated heterocycles. The zero-order valence-electron chi connectivity index (χ0n) is 9.15. The molecule has 4 heteroatoms. The molecule has 2 nitrogen and oxygen atoms in total. The van der Waals surface area contributed by atoms with Crippen molar-refractivity contribution in [2.24, 2.45) is 0 Å². The first kappa shape index (κ1) is 11.9. The van der Waals surface area contributed by atoms with E-state index in [-0.39, 0.29) is 18.6 Å². The summed E-state index contributed by atoms with van der Waals surface area (Å²) < 4.78 is 31.0. The third-order valence-corrected chi connectivity index (χ3v) is 2.19. The van der Waals surface area contributed by atoms with Crippen LogP contribution in [0.3, 0.4) is 0 Å². The molecule has 0 radical (unpaired) electrons. The predicted molar refractivity (Wildman–Crippen MR) is 51.7 cm³/mol. The van der Waals surface area contributed by atoms with E-state index < -0.39 is 5.92 Å². The average Bonchev–Trinajstić information content (AvgIpc) is 2.27. The van der Waals surface area contributed by atoms with Crippen molar-refractivity contribution in [2.45, 2.75) is 38.7 Å². The van der Waals surface area contributed by atoms with Crippen molar-refractivity contribution >= 4 is 0 Å². The molecule has 1 aliphatic rings. The van der Waals surface area contributed by atoms with Gasteiger partial charge in [0.25, 0.3) is 5.92 Å². The summed E-state index contributed by atoms with van der Waals surface area (Å²) in [6, 6.07) is 0. The van der Waals surface area contributed by atoms with Crippen LogP contribution in [0.15, 0.2) is 0 Å². The van der Waals surface area contributed by atoms with Crippen LogP contribution in [-0.4, -0.2) is 42.7 Å². The van der Waals surface area contributed by atoms with Crippen LogP contribution in [0, 0.1) is 0 Å². The summed E-state index contributed by atoms with van der Waals surface area (Å²) in [5.41, 5.74) is -0.178. The van der Waals surface area contributed by atoms with Crippen molar-refractivity contribution in [3.63, 3.8) is 0 Å². The fourth-order valence-corrected chi connectivity index (χ4v) is 1.48. The van der Waals surface area contributed by atoms with Gasteiger partial charge in [-0.3, -0.25) is 4.90 Å². The Balaban J connectivity index is 2.15. The zero-order chi connectivity index (χ0) is 10.8. The van der Waals surface area contributed by atoms with E-state index in [0.717, 1.165) is 0 Å². The van der Waals surface area contributed by atoms with E-state index in [2.05, 4.69) is 0 Å². The third-order valence-electron chi connectivity index (χ3n) is 2.19. The SMILES string of the molecule is CC(C)(C)OCCN1CCC(F)(F)C1. The van der Waals surface area contributed by atoms with Gasteiger partial charge in [-0.05, 0) is 20.8 Å². The number of halogens is 2. The lowest BCUT2D eigenvalue weighted by molar-refractivity contribution is -0.0194. The van der Waals surface area contributed by atoms with Gasteiger partial charge in [0.1, 0.15) is 0 Å². The summed E-state index contributed by atoms with van der Waals surface area (Å²) in [6.45, 7) is 7.40. The van der Waals surface area contributed by atoms with Crippen molar-refractivity contribution in [1.82, 2.24) is 4.90 Å². The minimum Gasteiger partial charge on any atom is -0.375 e. The normalized spacial score (nSPS) is 22.9. The molecule has 1 heterocycles. The van der Waals surface area contributed by atoms with Gasteiger partial charge >= 0.3 is 0 Å². The molecular weight excluding hydrogens is 188 g/mol. The maximum absolute atomic E-state index is 12.8. The van der Waals surface area contributed by atoms with E-state index in [1.807, 2.05) is 20.8 Å². The molecule has 0 amide bonds. The first-order valence-electron chi connectivity index (χ1n) is 5.03. The van der Waals surface area contributed by atoms with Crippen molar-refractivity contribution in [3.8, 4) is 0 Å². The highest BCUT2D eigenvalue weighted by atomic mass is 19.3. The molecule has 0 aliphatic carbocycles. The van der Waals surface area contributed by atoms with Gasteiger partial charge in [-0.25, -0.2) is 8.78 Å². The van der Waals surface area contributed by atoms with Crippen molar-refractivity contribution < 1.29 is 13.5 Å². The smallest absolute Gasteiger partial charge is 0.261 e. The molecule has 1 rings (SSSR count). The molecule has 0 spiro atoms. The van der Waals surface area contributed by atoms with Gasteiger partial charge in [0.05, 0.1) is 18.8 Å². The van der Waals surface area contributed by atoms with Gasteiger partial charge in [-0.1, -0.05) is 0 Å². The van der Waals surface area contributed by atoms with Gasteiger partial charge in [-0.15, -0.1) is 0 Å². The second kappa shape index (κ2) is 4.11. The van der Waals surface area contributed by atoms with Crippen molar-refractivity contribution in [1.29, 1.82) is 0 Å². The van der Waals surface area contributed by atoms with E-state index in [1.165, 1.54) is 0 Å².